The number of carbonyl (C=O) groups is 4. The number of halogens is 1. The number of carbonyl (C=O) groups excluding carboxylic acids is 2. The summed E-state index contributed by atoms with van der Waals surface area (Å²) >= 11 is 0. The van der Waals surface area contributed by atoms with Gasteiger partial charge in [0.1, 0.15) is 46.9 Å². The zero-order chi connectivity index (χ0) is 64.3. The minimum Gasteiger partial charge on any atom is -1.00 e. The maximum Gasteiger partial charge on any atom is 0.322 e. The van der Waals surface area contributed by atoms with E-state index in [1.165, 1.54) is 38.3 Å². The Morgan fingerprint density at radius 1 is 0.556 bits per heavy atom. The Hall–Kier alpha value is -6.47. The number of benzene rings is 3. The molecule has 0 radical (unpaired) electrons. The summed E-state index contributed by atoms with van der Waals surface area (Å²) in [5.74, 6) is 9.93. The number of terminal acetylenes is 3. The van der Waals surface area contributed by atoms with E-state index >= 15 is 0 Å². The molecule has 9 aliphatic carbocycles. The lowest BCUT2D eigenvalue weighted by atomic mass is 9.53. The number of nitrogens with one attached hydrogen (secondary N) is 1. The molecule has 0 spiro atoms. The number of aliphatic imine (C=N–C) groups is 2. The summed E-state index contributed by atoms with van der Waals surface area (Å²) in [6.07, 6.45) is 34.1. The molecule has 9 unspecified atom stereocenters. The first-order chi connectivity index (χ1) is 42.3. The van der Waals surface area contributed by atoms with Crippen molar-refractivity contribution in [2.75, 3.05) is 33.7 Å². The van der Waals surface area contributed by atoms with Crippen molar-refractivity contribution >= 4 is 29.9 Å². The molecular weight excluding hydrogens is 1160 g/mol. The molecule has 0 saturated heterocycles. The van der Waals surface area contributed by atoms with Crippen molar-refractivity contribution < 1.29 is 76.6 Å². The van der Waals surface area contributed by atoms with Crippen molar-refractivity contribution in [3.63, 3.8) is 0 Å². The quantitative estimate of drug-likeness (QED) is 0.0259. The number of aromatic hydroxyl groups is 1. The number of aliphatic hydroxyl groups is 3. The zero-order valence-electron chi connectivity index (χ0n) is 53.5. The fraction of sp³-hybridized carbons (Fsp3) is 0.608. The molecule has 6 saturated carbocycles. The number of phenols is 1. The number of phenolic OH excluding ortho intramolecular Hbond substituents is 1. The smallest absolute Gasteiger partial charge is 0.322 e. The molecule has 12 rings (SSSR count). The molecule has 0 aliphatic heterocycles. The van der Waals surface area contributed by atoms with Crippen molar-refractivity contribution in [3.8, 4) is 54.3 Å². The van der Waals surface area contributed by atoms with Gasteiger partial charge in [0.25, 0.3) is 0 Å². The van der Waals surface area contributed by atoms with Gasteiger partial charge in [-0.05, 0) is 246 Å². The highest BCUT2D eigenvalue weighted by atomic mass is 35.5. The van der Waals surface area contributed by atoms with Crippen LogP contribution in [0, 0.1) is 88.8 Å². The predicted molar refractivity (Wildman–Crippen MR) is 340 cm³/mol. The van der Waals surface area contributed by atoms with E-state index in [0.29, 0.717) is 83.4 Å². The number of esters is 2. The summed E-state index contributed by atoms with van der Waals surface area (Å²) in [4.78, 5) is 53.9. The highest BCUT2D eigenvalue weighted by molar-refractivity contribution is 5.93. The number of aryl methyl sites for hydroxylation is 3. The lowest BCUT2D eigenvalue weighted by Gasteiger charge is -2.52. The van der Waals surface area contributed by atoms with Crippen molar-refractivity contribution in [2.45, 2.75) is 197 Å². The number of quaternary nitrogens is 1. The van der Waals surface area contributed by atoms with E-state index in [4.69, 9.17) is 39.0 Å². The Labute approximate surface area is 538 Å². The van der Waals surface area contributed by atoms with Crippen LogP contribution in [0.2, 0.25) is 0 Å². The number of fused-ring (bicyclic) bond motifs is 15. The molecule has 90 heavy (non-hydrogen) atoms. The Morgan fingerprint density at radius 3 is 1.28 bits per heavy atom. The largest absolute Gasteiger partial charge is 1.00 e. The molecule has 0 aromatic heterocycles. The van der Waals surface area contributed by atoms with Crippen LogP contribution in [0.3, 0.4) is 0 Å². The number of nitrogens with zero attached hydrogens (tertiary/aromatic N) is 2. The highest BCUT2D eigenvalue weighted by Crippen LogP contribution is 2.67. The van der Waals surface area contributed by atoms with Gasteiger partial charge in [-0.1, -0.05) is 56.7 Å². The number of carboxylic acids is 2. The lowest BCUT2D eigenvalue weighted by Crippen LogP contribution is -3.05. The topological polar surface area (TPSA) is 237 Å². The average molecular weight is 1250 g/mol. The SMILES string of the molecule is C#C[C@]1(O)CCC2C3CCc4cc(O)ccc4C3CC[C@@]21C.C#C[C@]1(O)CCC2C3CCc4cc(OC(=O)CC(=O)Oc5ccc6c(c5)CCC5C6CC[C@@]6(C)C5CC[C@@]6(O)C#C)ccc4C3CC[C@@]21C.CCN=C=NCCC[NH+](C)C.O=C(O)CC(=O)O.[Cl-]. The van der Waals surface area contributed by atoms with E-state index in [0.717, 1.165) is 129 Å². The Kier molecular flexibility index (Phi) is 21.7. The van der Waals surface area contributed by atoms with Crippen LogP contribution < -0.4 is 26.8 Å². The maximum absolute atomic E-state index is 12.8. The molecule has 6 fully saturated rings. The molecular formula is C74H94ClN3O12. The van der Waals surface area contributed by atoms with Crippen LogP contribution in [0.4, 0.5) is 0 Å². The number of carboxylic acid groups (broad SMARTS) is 2. The Bertz CT molecular complexity index is 3210. The predicted octanol–water partition coefficient (Wildman–Crippen LogP) is 6.91. The number of aliphatic carboxylic acids is 2. The van der Waals surface area contributed by atoms with Gasteiger partial charge in [0.15, 0.2) is 0 Å². The minimum absolute atomic E-state index is 0. The summed E-state index contributed by atoms with van der Waals surface area (Å²) in [5.41, 5.74) is 4.20. The zero-order valence-corrected chi connectivity index (χ0v) is 54.3. The van der Waals surface area contributed by atoms with Crippen molar-refractivity contribution in [1.29, 1.82) is 0 Å². The van der Waals surface area contributed by atoms with Crippen LogP contribution in [0.5, 0.6) is 17.2 Å². The summed E-state index contributed by atoms with van der Waals surface area (Å²) in [6.45, 7) is 11.4. The van der Waals surface area contributed by atoms with E-state index in [9.17, 15) is 39.6 Å². The van der Waals surface area contributed by atoms with Crippen LogP contribution in [-0.2, 0) is 38.4 Å². The van der Waals surface area contributed by atoms with E-state index in [1.807, 2.05) is 43.3 Å². The third-order valence-electron chi connectivity index (χ3n) is 23.6. The second kappa shape index (κ2) is 28.2. The van der Waals surface area contributed by atoms with Crippen LogP contribution in [-0.4, -0.2) is 111 Å². The van der Waals surface area contributed by atoms with Crippen LogP contribution in [0.15, 0.2) is 64.6 Å². The van der Waals surface area contributed by atoms with Gasteiger partial charge in [-0.25, -0.2) is 9.98 Å². The molecule has 9 aliphatic rings. The molecule has 15 atom stereocenters. The van der Waals surface area contributed by atoms with Crippen LogP contribution in [0.25, 0.3) is 0 Å². The van der Waals surface area contributed by atoms with Gasteiger partial charge in [0, 0.05) is 29.2 Å². The number of rotatable bonds is 11. The first kappa shape index (κ1) is 69.4. The van der Waals surface area contributed by atoms with E-state index < -0.39 is 53.5 Å². The fourth-order valence-electron chi connectivity index (χ4n) is 18.8. The average Bonchev–Trinajstić information content (AvgIpc) is 1.51. The van der Waals surface area contributed by atoms with E-state index in [2.05, 4.69) is 86.8 Å². The minimum atomic E-state index is -1.31. The number of hydrogen-bond acceptors (Lipinski definition) is 12. The van der Waals surface area contributed by atoms with Gasteiger partial charge < -0.3 is 57.4 Å². The second-order valence-electron chi connectivity index (χ2n) is 28.2. The van der Waals surface area contributed by atoms with Crippen molar-refractivity contribution in [3.05, 3.63) is 88.0 Å². The van der Waals surface area contributed by atoms with Crippen LogP contribution in [0.1, 0.15) is 194 Å². The molecule has 3 aromatic carbocycles. The first-order valence-corrected chi connectivity index (χ1v) is 32.7. The van der Waals surface area contributed by atoms with Gasteiger partial charge >= 0.3 is 23.9 Å². The normalized spacial score (nSPS) is 33.9. The first-order valence-electron chi connectivity index (χ1n) is 32.7. The second-order valence-corrected chi connectivity index (χ2v) is 28.2. The van der Waals surface area contributed by atoms with Crippen LogP contribution >= 0.6 is 0 Å². The summed E-state index contributed by atoms with van der Waals surface area (Å²) < 4.78 is 11.3. The molecule has 15 nitrogen and oxygen atoms in total. The third-order valence-corrected chi connectivity index (χ3v) is 23.6. The third kappa shape index (κ3) is 13.6. The van der Waals surface area contributed by atoms with Gasteiger partial charge in [-0.15, -0.1) is 19.3 Å². The number of hydrogen-bond donors (Lipinski definition) is 7. The van der Waals surface area contributed by atoms with E-state index in [-0.39, 0.29) is 28.7 Å². The number of ether oxygens (including phenoxy) is 2. The van der Waals surface area contributed by atoms with Gasteiger partial charge in [-0.3, -0.25) is 19.2 Å². The molecule has 0 amide bonds. The van der Waals surface area contributed by atoms with Gasteiger partial charge in [0.2, 0.25) is 0 Å². The molecule has 484 valence electrons. The van der Waals surface area contributed by atoms with Gasteiger partial charge in [0.05, 0.1) is 33.2 Å². The van der Waals surface area contributed by atoms with Gasteiger partial charge in [-0.2, -0.15) is 0 Å². The molecule has 0 heterocycles. The summed E-state index contributed by atoms with van der Waals surface area (Å²) in [6, 6.07) is 20.3. The molecule has 3 aromatic rings. The summed E-state index contributed by atoms with van der Waals surface area (Å²) in [7, 11) is 4.29. The summed E-state index contributed by atoms with van der Waals surface area (Å²) in [5, 5.41) is 58.5. The van der Waals surface area contributed by atoms with Crippen molar-refractivity contribution in [2.24, 2.45) is 61.7 Å². The maximum atomic E-state index is 12.8. The van der Waals surface area contributed by atoms with Crippen molar-refractivity contribution in [1.82, 2.24) is 0 Å². The Balaban J connectivity index is 0.000000208. The monoisotopic (exact) mass is 1250 g/mol. The highest BCUT2D eigenvalue weighted by Gasteiger charge is 2.64. The molecule has 7 N–H and O–H groups in total. The van der Waals surface area contributed by atoms with E-state index in [1.54, 1.807) is 0 Å². The fourth-order valence-corrected chi connectivity index (χ4v) is 18.8. The standard InChI is InChI=1S/C43H48O6.C20H24O2.C8H17N3.C3H4O4.ClH/c1-5-42(46)21-17-36-34-11-7-26-23-28(9-13-30(26)32(34)15-19-40(36,42)3)48-38(44)25-39(45)49-29-10-14-31-27(24-29)8-12-35-33(31)16-20-41(4)37(35)18-22-43(41,47)6-2;1-3-20(22)11-9-18-17-6-4-13-12-14(21)5-7-15(13)16(17)8-10-19(18,20)2;1-4-9-8-10-6-5-7-11(2)3;4-2(5)1-3(6)7;/h1-2,9-10,13-14,23-24,32-37,46-47H,7-8,11-12,15-22,25H2,3-4H3;1,5,7,12,16-18,21-22H,4,6,8-11H2,2H3;4-7H2,1-3H3;1H2,(H,4,5)(H,6,7);1H/t32?,33?,34?,35?,36?,37?,40-,41-,42-,43-;16?,17?,18?,19-,20-;;;/m00.../s1. The Morgan fingerprint density at radius 2 is 0.933 bits per heavy atom. The molecule has 16 heteroatoms. The lowest BCUT2D eigenvalue weighted by molar-refractivity contribution is -0.858. The molecule has 0 bridgehead atoms.